The molecule has 3 aliphatic rings. The van der Waals surface area contributed by atoms with Gasteiger partial charge in [0, 0.05) is 25.5 Å². The van der Waals surface area contributed by atoms with E-state index in [-0.39, 0.29) is 19.5 Å². The first-order valence-corrected chi connectivity index (χ1v) is 12.8. The summed E-state index contributed by atoms with van der Waals surface area (Å²) in [5, 5.41) is 0.569. The third-order valence-electron chi connectivity index (χ3n) is 5.49. The maximum absolute atomic E-state index is 12.5. The highest BCUT2D eigenvalue weighted by molar-refractivity contribution is 7.80. The number of urea groups is 1. The van der Waals surface area contributed by atoms with Crippen LogP contribution in [0.15, 0.2) is 30.6 Å². The second-order valence-corrected chi connectivity index (χ2v) is 10.5. The van der Waals surface area contributed by atoms with Gasteiger partial charge in [-0.05, 0) is 52.2 Å². The van der Waals surface area contributed by atoms with Crippen molar-refractivity contribution in [2.75, 3.05) is 19.6 Å². The van der Waals surface area contributed by atoms with Gasteiger partial charge in [0.25, 0.3) is 5.91 Å². The molecule has 0 aliphatic carbocycles. The summed E-state index contributed by atoms with van der Waals surface area (Å²) in [6.07, 6.45) is 3.70. The summed E-state index contributed by atoms with van der Waals surface area (Å²) in [5.74, 6) is -0.564. The van der Waals surface area contributed by atoms with E-state index in [1.165, 1.54) is 9.80 Å². The number of rotatable bonds is 5. The molecular formula is C21H31N5O9S. The fourth-order valence-corrected chi connectivity index (χ4v) is 4.33. The maximum Gasteiger partial charge on any atom is 0.418 e. The SMILES string of the molecule is CC(C)(C)OC(=O)N1CC[C@@H](ONC(=O)[C@@H]2CC[C@@H]3CN2C(=O)N3OS(=O)(=O)O)C1.c1ccncc1. The van der Waals surface area contributed by atoms with E-state index in [1.807, 2.05) is 18.2 Å². The Morgan fingerprint density at radius 2 is 1.81 bits per heavy atom. The van der Waals surface area contributed by atoms with Gasteiger partial charge in [0.1, 0.15) is 17.7 Å². The number of fused-ring (bicyclic) bond motifs is 2. The van der Waals surface area contributed by atoms with Crippen LogP contribution in [0.25, 0.3) is 0 Å². The molecule has 200 valence electrons. The van der Waals surface area contributed by atoms with Crippen LogP contribution in [0.3, 0.4) is 0 Å². The van der Waals surface area contributed by atoms with Gasteiger partial charge < -0.3 is 14.5 Å². The number of hydroxylamine groups is 3. The molecule has 3 atom stereocenters. The zero-order valence-electron chi connectivity index (χ0n) is 20.3. The van der Waals surface area contributed by atoms with Crippen LogP contribution < -0.4 is 5.48 Å². The highest BCUT2D eigenvalue weighted by Crippen LogP contribution is 2.30. The first-order chi connectivity index (χ1) is 16.8. The molecule has 1 aromatic rings. The molecule has 15 heteroatoms. The van der Waals surface area contributed by atoms with Gasteiger partial charge in [0.2, 0.25) is 0 Å². The lowest BCUT2D eigenvalue weighted by Gasteiger charge is -2.29. The van der Waals surface area contributed by atoms with E-state index in [9.17, 15) is 22.8 Å². The van der Waals surface area contributed by atoms with Crippen molar-refractivity contribution < 1.29 is 41.2 Å². The van der Waals surface area contributed by atoms with Crippen LogP contribution in [-0.4, -0.2) is 94.3 Å². The molecule has 3 saturated heterocycles. The minimum absolute atomic E-state index is 0.0856. The van der Waals surface area contributed by atoms with Crippen molar-refractivity contribution in [3.63, 3.8) is 0 Å². The third-order valence-corrected chi connectivity index (χ3v) is 5.84. The number of aromatic nitrogens is 1. The number of likely N-dealkylation sites (tertiary alicyclic amines) is 1. The monoisotopic (exact) mass is 529 g/mol. The van der Waals surface area contributed by atoms with Crippen molar-refractivity contribution in [1.82, 2.24) is 25.3 Å². The first kappa shape index (κ1) is 27.6. The number of piperidine rings is 1. The highest BCUT2D eigenvalue weighted by atomic mass is 32.3. The lowest BCUT2D eigenvalue weighted by atomic mass is 10.0. The predicted octanol–water partition coefficient (Wildman–Crippen LogP) is 1.13. The zero-order chi connectivity index (χ0) is 26.5. The van der Waals surface area contributed by atoms with Crippen molar-refractivity contribution in [2.45, 2.75) is 63.8 Å². The first-order valence-electron chi connectivity index (χ1n) is 11.4. The normalized spacial score (nSPS) is 23.7. The Morgan fingerprint density at radius 1 is 1.11 bits per heavy atom. The quantitative estimate of drug-likeness (QED) is 0.417. The molecule has 4 heterocycles. The Morgan fingerprint density at radius 3 is 2.36 bits per heavy atom. The van der Waals surface area contributed by atoms with Gasteiger partial charge >= 0.3 is 22.5 Å². The van der Waals surface area contributed by atoms with Crippen molar-refractivity contribution in [3.05, 3.63) is 30.6 Å². The third kappa shape index (κ3) is 7.74. The van der Waals surface area contributed by atoms with E-state index in [2.05, 4.69) is 14.7 Å². The van der Waals surface area contributed by atoms with Crippen LogP contribution >= 0.6 is 0 Å². The molecule has 36 heavy (non-hydrogen) atoms. The van der Waals surface area contributed by atoms with Crippen molar-refractivity contribution in [3.8, 4) is 0 Å². The summed E-state index contributed by atoms with van der Waals surface area (Å²) in [7, 11) is -4.85. The molecule has 0 aromatic carbocycles. The van der Waals surface area contributed by atoms with Crippen molar-refractivity contribution in [2.24, 2.45) is 0 Å². The van der Waals surface area contributed by atoms with Gasteiger partial charge in [-0.25, -0.2) is 15.1 Å². The lowest BCUT2D eigenvalue weighted by molar-refractivity contribution is -0.143. The molecule has 3 aliphatic heterocycles. The lowest BCUT2D eigenvalue weighted by Crippen LogP contribution is -2.50. The molecule has 0 radical (unpaired) electrons. The molecule has 0 saturated carbocycles. The standard InChI is InChI=1S/C16H26N4O9S.C5H5N/c1-16(2,3)27-15(23)18-7-6-11(9-18)28-17-13(21)12-5-4-10-8-19(12)14(22)20(10)29-30(24,25)26;1-2-4-6-5-3-1/h10-12H,4-9H2,1-3H3,(H,17,21)(H,24,25,26);1-5H/t10-,11-,12+;/m1./s1. The number of ether oxygens (including phenoxy) is 1. The van der Waals surface area contributed by atoms with E-state index in [1.54, 1.807) is 33.2 Å². The zero-order valence-corrected chi connectivity index (χ0v) is 21.1. The minimum atomic E-state index is -4.85. The van der Waals surface area contributed by atoms with Gasteiger partial charge in [0.15, 0.2) is 0 Å². The van der Waals surface area contributed by atoms with Gasteiger partial charge in [-0.2, -0.15) is 13.5 Å². The van der Waals surface area contributed by atoms with E-state index in [0.717, 1.165) is 0 Å². The second-order valence-electron chi connectivity index (χ2n) is 9.46. The Labute approximate surface area is 209 Å². The number of hydrogen-bond donors (Lipinski definition) is 2. The van der Waals surface area contributed by atoms with Crippen molar-refractivity contribution in [1.29, 1.82) is 0 Å². The molecule has 1 aromatic heterocycles. The highest BCUT2D eigenvalue weighted by Gasteiger charge is 2.49. The molecule has 3 fully saturated rings. The molecule has 14 nitrogen and oxygen atoms in total. The molecule has 2 N–H and O–H groups in total. The molecular weight excluding hydrogens is 498 g/mol. The Balaban J connectivity index is 0.000000526. The van der Waals surface area contributed by atoms with E-state index < -0.39 is 52.2 Å². The van der Waals surface area contributed by atoms with Gasteiger partial charge in [-0.1, -0.05) is 6.07 Å². The van der Waals surface area contributed by atoms with Crippen molar-refractivity contribution >= 4 is 28.4 Å². The fraction of sp³-hybridized carbons (Fsp3) is 0.619. The number of nitrogens with zero attached hydrogens (tertiary/aromatic N) is 4. The number of hydrogen-bond acceptors (Lipinski definition) is 9. The number of nitrogens with one attached hydrogen (secondary N) is 1. The summed E-state index contributed by atoms with van der Waals surface area (Å²) in [6, 6.07) is 3.44. The molecule has 4 amide bonds. The number of carbonyl (C=O) groups excluding carboxylic acids is 3. The summed E-state index contributed by atoms with van der Waals surface area (Å²) in [4.78, 5) is 48.8. The Hall–Kier alpha value is -3.01. The summed E-state index contributed by atoms with van der Waals surface area (Å²) < 4.78 is 40.3. The minimum Gasteiger partial charge on any atom is -0.444 e. The van der Waals surface area contributed by atoms with E-state index in [0.29, 0.717) is 24.4 Å². The fourth-order valence-electron chi connectivity index (χ4n) is 3.94. The predicted molar refractivity (Wildman–Crippen MR) is 123 cm³/mol. The van der Waals surface area contributed by atoms with E-state index >= 15 is 0 Å². The van der Waals surface area contributed by atoms with Gasteiger partial charge in [0.05, 0.1) is 12.6 Å². The summed E-state index contributed by atoms with van der Waals surface area (Å²) in [5.41, 5.74) is 1.72. The molecule has 0 unspecified atom stereocenters. The molecule has 4 rings (SSSR count). The van der Waals surface area contributed by atoms with Crippen LogP contribution in [0.1, 0.15) is 40.0 Å². The summed E-state index contributed by atoms with van der Waals surface area (Å²) in [6.45, 7) is 6.07. The average molecular weight is 530 g/mol. The topological polar surface area (TPSA) is 168 Å². The summed E-state index contributed by atoms with van der Waals surface area (Å²) >= 11 is 0. The van der Waals surface area contributed by atoms with Gasteiger partial charge in [-0.3, -0.25) is 19.2 Å². The largest absolute Gasteiger partial charge is 0.444 e. The molecule has 0 spiro atoms. The average Bonchev–Trinajstić information content (AvgIpc) is 3.37. The van der Waals surface area contributed by atoms with Crippen LogP contribution in [0, 0.1) is 0 Å². The molecule has 2 bridgehead atoms. The smallest absolute Gasteiger partial charge is 0.418 e. The number of amides is 4. The number of pyridine rings is 1. The Kier molecular flexibility index (Phi) is 8.71. The van der Waals surface area contributed by atoms with E-state index in [4.69, 9.17) is 14.1 Å². The van der Waals surface area contributed by atoms with Crippen LogP contribution in [0.2, 0.25) is 0 Å². The van der Waals surface area contributed by atoms with Crippen LogP contribution in [0.4, 0.5) is 9.59 Å². The second kappa shape index (κ2) is 11.4. The number of carbonyl (C=O) groups is 3. The van der Waals surface area contributed by atoms with Crippen LogP contribution in [-0.2, 0) is 29.1 Å². The van der Waals surface area contributed by atoms with Gasteiger partial charge in [-0.15, -0.1) is 4.28 Å². The maximum atomic E-state index is 12.5. The Bertz CT molecular complexity index is 1010. The van der Waals surface area contributed by atoms with Crippen LogP contribution in [0.5, 0.6) is 0 Å².